The van der Waals surface area contributed by atoms with Gasteiger partial charge in [-0.1, -0.05) is 41.4 Å². The van der Waals surface area contributed by atoms with E-state index in [0.29, 0.717) is 10.0 Å². The molecule has 5 heteroatoms. The Morgan fingerprint density at radius 2 is 1.77 bits per heavy atom. The maximum absolute atomic E-state index is 12.3. The number of benzene rings is 2. The fourth-order valence-corrected chi connectivity index (χ4v) is 2.79. The summed E-state index contributed by atoms with van der Waals surface area (Å²) < 4.78 is 0. The highest BCUT2D eigenvalue weighted by molar-refractivity contribution is 6.31. The van der Waals surface area contributed by atoms with E-state index in [9.17, 15) is 4.79 Å². The lowest BCUT2D eigenvalue weighted by atomic mass is 10.1. The maximum atomic E-state index is 12.3. The Balaban J connectivity index is 1.72. The maximum Gasteiger partial charge on any atom is 0.319 e. The van der Waals surface area contributed by atoms with Crippen LogP contribution in [0.4, 0.5) is 10.5 Å². The van der Waals surface area contributed by atoms with E-state index >= 15 is 0 Å². The molecule has 1 saturated carbocycles. The fourth-order valence-electron chi connectivity index (χ4n) is 2.49. The highest BCUT2D eigenvalue weighted by atomic mass is 35.5. The van der Waals surface area contributed by atoms with Crippen molar-refractivity contribution in [2.24, 2.45) is 0 Å². The van der Waals surface area contributed by atoms with Gasteiger partial charge in [0.1, 0.15) is 0 Å². The minimum Gasteiger partial charge on any atom is -0.328 e. The van der Waals surface area contributed by atoms with Gasteiger partial charge in [-0.25, -0.2) is 4.79 Å². The highest BCUT2D eigenvalue weighted by Crippen LogP contribution is 2.45. The van der Waals surface area contributed by atoms with Crippen LogP contribution in [0.3, 0.4) is 0 Å². The molecule has 0 aliphatic heterocycles. The normalized spacial score (nSPS) is 15.2. The number of carbonyl (C=O) groups excluding carboxylic acids is 1. The summed E-state index contributed by atoms with van der Waals surface area (Å²) in [5.41, 5.74) is 2.38. The number of hydrogen-bond donors (Lipinski definition) is 2. The topological polar surface area (TPSA) is 41.1 Å². The van der Waals surface area contributed by atoms with Crippen LogP contribution in [0.25, 0.3) is 0 Å². The van der Waals surface area contributed by atoms with Gasteiger partial charge in [-0.15, -0.1) is 0 Å². The van der Waals surface area contributed by atoms with Crippen molar-refractivity contribution in [1.82, 2.24) is 5.32 Å². The fraction of sp³-hybridized carbons (Fsp3) is 0.235. The summed E-state index contributed by atoms with van der Waals surface area (Å²) in [6, 6.07) is 12.8. The predicted octanol–water partition coefficient (Wildman–Crippen LogP) is 5.11. The van der Waals surface area contributed by atoms with E-state index in [1.807, 2.05) is 43.3 Å². The van der Waals surface area contributed by atoms with Gasteiger partial charge >= 0.3 is 6.03 Å². The molecule has 0 atom stereocenters. The van der Waals surface area contributed by atoms with E-state index in [1.54, 1.807) is 6.07 Å². The molecule has 1 aliphatic rings. The third-order valence-electron chi connectivity index (χ3n) is 4.02. The van der Waals surface area contributed by atoms with Crippen LogP contribution in [0.5, 0.6) is 0 Å². The minimum atomic E-state index is -0.277. The Morgan fingerprint density at radius 1 is 1.09 bits per heavy atom. The first-order chi connectivity index (χ1) is 10.5. The van der Waals surface area contributed by atoms with Crippen LogP contribution in [0, 0.1) is 6.92 Å². The molecule has 114 valence electrons. The molecule has 2 aromatic carbocycles. The van der Waals surface area contributed by atoms with E-state index < -0.39 is 0 Å². The Hall–Kier alpha value is -1.71. The highest BCUT2D eigenvalue weighted by Gasteiger charge is 2.45. The molecule has 0 aromatic heterocycles. The molecule has 2 N–H and O–H groups in total. The Labute approximate surface area is 139 Å². The summed E-state index contributed by atoms with van der Waals surface area (Å²) in [6.45, 7) is 1.88. The van der Waals surface area contributed by atoms with Crippen molar-refractivity contribution < 1.29 is 4.79 Å². The number of hydrogen-bond acceptors (Lipinski definition) is 1. The van der Waals surface area contributed by atoms with E-state index in [4.69, 9.17) is 23.2 Å². The third kappa shape index (κ3) is 3.06. The smallest absolute Gasteiger partial charge is 0.319 e. The van der Waals surface area contributed by atoms with Crippen molar-refractivity contribution >= 4 is 34.9 Å². The molecular formula is C17H16Cl2N2O. The van der Waals surface area contributed by atoms with Gasteiger partial charge < -0.3 is 10.6 Å². The average molecular weight is 335 g/mol. The number of carbonyl (C=O) groups is 1. The SMILES string of the molecule is Cc1c(Cl)cccc1NC(=O)NC1(c2ccc(Cl)cc2)CC1. The molecule has 0 spiro atoms. The lowest BCUT2D eigenvalue weighted by molar-refractivity contribution is 0.247. The van der Waals surface area contributed by atoms with Gasteiger partial charge in [-0.2, -0.15) is 0 Å². The quantitative estimate of drug-likeness (QED) is 0.804. The Kier molecular flexibility index (Phi) is 4.02. The van der Waals surface area contributed by atoms with Crippen LogP contribution in [-0.4, -0.2) is 6.03 Å². The minimum absolute atomic E-state index is 0.224. The first-order valence-electron chi connectivity index (χ1n) is 7.10. The lowest BCUT2D eigenvalue weighted by Crippen LogP contribution is -2.38. The standard InChI is InChI=1S/C17H16Cl2N2O/c1-11-14(19)3-2-4-15(11)20-16(22)21-17(9-10-17)12-5-7-13(18)8-6-12/h2-8H,9-10H2,1H3,(H2,20,21,22). The monoisotopic (exact) mass is 334 g/mol. The summed E-state index contributed by atoms with van der Waals surface area (Å²) in [5.74, 6) is 0. The number of urea groups is 1. The number of halogens is 2. The van der Waals surface area contributed by atoms with Crippen LogP contribution in [0.1, 0.15) is 24.0 Å². The summed E-state index contributed by atoms with van der Waals surface area (Å²) in [4.78, 5) is 12.3. The zero-order valence-corrected chi connectivity index (χ0v) is 13.6. The van der Waals surface area contributed by atoms with Gasteiger partial charge in [0.2, 0.25) is 0 Å². The summed E-state index contributed by atoms with van der Waals surface area (Å²) in [6.07, 6.45) is 1.85. The summed E-state index contributed by atoms with van der Waals surface area (Å²) in [5, 5.41) is 7.26. The summed E-state index contributed by atoms with van der Waals surface area (Å²) in [7, 11) is 0. The number of nitrogens with one attached hydrogen (secondary N) is 2. The van der Waals surface area contributed by atoms with Gasteiger partial charge in [0.05, 0.1) is 5.54 Å². The van der Waals surface area contributed by atoms with Crippen molar-refractivity contribution in [1.29, 1.82) is 0 Å². The van der Waals surface area contributed by atoms with Crippen molar-refractivity contribution in [2.75, 3.05) is 5.32 Å². The zero-order chi connectivity index (χ0) is 15.7. The van der Waals surface area contributed by atoms with E-state index in [-0.39, 0.29) is 11.6 Å². The first-order valence-corrected chi connectivity index (χ1v) is 7.86. The molecule has 2 aromatic rings. The third-order valence-corrected chi connectivity index (χ3v) is 4.68. The largest absolute Gasteiger partial charge is 0.328 e. The van der Waals surface area contributed by atoms with Crippen molar-refractivity contribution in [3.63, 3.8) is 0 Å². The molecule has 3 nitrogen and oxygen atoms in total. The molecule has 0 bridgehead atoms. The molecule has 22 heavy (non-hydrogen) atoms. The number of amides is 2. The summed E-state index contributed by atoms with van der Waals surface area (Å²) >= 11 is 12.0. The second-order valence-corrected chi connectivity index (χ2v) is 6.42. The van der Waals surface area contributed by atoms with Gasteiger partial charge in [0.25, 0.3) is 0 Å². The Bertz CT molecular complexity index is 709. The second-order valence-electron chi connectivity index (χ2n) is 5.58. The molecule has 3 rings (SSSR count). The molecule has 0 radical (unpaired) electrons. The lowest BCUT2D eigenvalue weighted by Gasteiger charge is -2.19. The predicted molar refractivity (Wildman–Crippen MR) is 90.7 cm³/mol. The average Bonchev–Trinajstić information content (AvgIpc) is 3.25. The van der Waals surface area contributed by atoms with Crippen LogP contribution in [0.15, 0.2) is 42.5 Å². The number of rotatable bonds is 3. The van der Waals surface area contributed by atoms with Crippen molar-refractivity contribution in [2.45, 2.75) is 25.3 Å². The van der Waals surface area contributed by atoms with Crippen molar-refractivity contribution in [3.8, 4) is 0 Å². The van der Waals surface area contributed by atoms with Crippen molar-refractivity contribution in [3.05, 3.63) is 63.6 Å². The van der Waals surface area contributed by atoms with Gasteiger partial charge in [-0.05, 0) is 55.2 Å². The van der Waals surface area contributed by atoms with E-state index in [2.05, 4.69) is 10.6 Å². The van der Waals surface area contributed by atoms with Gasteiger partial charge in [0.15, 0.2) is 0 Å². The first kappa shape index (κ1) is 15.2. The van der Waals surface area contributed by atoms with Crippen LogP contribution < -0.4 is 10.6 Å². The Morgan fingerprint density at radius 3 is 2.41 bits per heavy atom. The van der Waals surface area contributed by atoms with E-state index in [0.717, 1.165) is 29.7 Å². The molecular weight excluding hydrogens is 319 g/mol. The van der Waals surface area contributed by atoms with Gasteiger partial charge in [-0.3, -0.25) is 0 Å². The van der Waals surface area contributed by atoms with Crippen LogP contribution >= 0.6 is 23.2 Å². The van der Waals surface area contributed by atoms with Crippen LogP contribution in [-0.2, 0) is 5.54 Å². The van der Waals surface area contributed by atoms with Crippen LogP contribution in [0.2, 0.25) is 10.0 Å². The second kappa shape index (κ2) is 5.82. The molecule has 0 saturated heterocycles. The molecule has 0 heterocycles. The van der Waals surface area contributed by atoms with E-state index in [1.165, 1.54) is 0 Å². The molecule has 0 unspecified atom stereocenters. The molecule has 1 fully saturated rings. The molecule has 1 aliphatic carbocycles. The zero-order valence-electron chi connectivity index (χ0n) is 12.1. The molecule has 2 amide bonds. The van der Waals surface area contributed by atoms with Gasteiger partial charge in [0, 0.05) is 15.7 Å². The number of anilines is 1.